The Kier molecular flexibility index (Phi) is 5.04. The second kappa shape index (κ2) is 7.00. The third-order valence-electron chi connectivity index (χ3n) is 3.32. The van der Waals surface area contributed by atoms with E-state index in [1.807, 2.05) is 12.1 Å². The zero-order valence-corrected chi connectivity index (χ0v) is 11.7. The lowest BCUT2D eigenvalue weighted by atomic mass is 10.1. The summed E-state index contributed by atoms with van der Waals surface area (Å²) in [6, 6.07) is 12.5. The molecule has 0 aliphatic heterocycles. The van der Waals surface area contributed by atoms with Crippen LogP contribution in [0.5, 0.6) is 5.75 Å². The van der Waals surface area contributed by atoms with Gasteiger partial charge in [0.05, 0.1) is 7.11 Å². The van der Waals surface area contributed by atoms with Crippen LogP contribution in [0.4, 0.5) is 0 Å². The van der Waals surface area contributed by atoms with Gasteiger partial charge in [0.1, 0.15) is 5.75 Å². The molecule has 1 aromatic carbocycles. The zero-order chi connectivity index (χ0) is 13.5. The molecule has 0 fully saturated rings. The molecule has 1 heterocycles. The fraction of sp³-hybridized carbons (Fsp3) is 0.375. The molecule has 0 radical (unpaired) electrons. The van der Waals surface area contributed by atoms with Crippen molar-refractivity contribution in [3.63, 3.8) is 0 Å². The summed E-state index contributed by atoms with van der Waals surface area (Å²) in [7, 11) is 1.69. The number of hydrogen-bond donors (Lipinski definition) is 1. The molecule has 2 aromatic rings. The summed E-state index contributed by atoms with van der Waals surface area (Å²) in [6.07, 6.45) is 3.16. The van der Waals surface area contributed by atoms with Crippen LogP contribution in [-0.4, -0.2) is 18.2 Å². The molecular formula is C16H22N2O. The van der Waals surface area contributed by atoms with Crippen molar-refractivity contribution in [2.75, 3.05) is 13.7 Å². The maximum atomic E-state index is 5.15. The number of ether oxygens (including phenoxy) is 1. The molecule has 0 spiro atoms. The zero-order valence-electron chi connectivity index (χ0n) is 11.7. The Labute approximate surface area is 115 Å². The predicted molar refractivity (Wildman–Crippen MR) is 78.5 cm³/mol. The number of nitrogens with zero attached hydrogens (tertiary/aromatic N) is 1. The van der Waals surface area contributed by atoms with Crippen molar-refractivity contribution in [3.05, 3.63) is 53.9 Å². The van der Waals surface area contributed by atoms with Crippen LogP contribution in [0, 0.1) is 0 Å². The van der Waals surface area contributed by atoms with E-state index in [1.165, 1.54) is 11.3 Å². The van der Waals surface area contributed by atoms with E-state index in [-0.39, 0.29) is 0 Å². The van der Waals surface area contributed by atoms with Crippen molar-refractivity contribution < 1.29 is 4.74 Å². The summed E-state index contributed by atoms with van der Waals surface area (Å²) in [6.45, 7) is 5.11. The summed E-state index contributed by atoms with van der Waals surface area (Å²) in [4.78, 5) is 0. The van der Waals surface area contributed by atoms with Crippen LogP contribution in [-0.2, 0) is 19.5 Å². The van der Waals surface area contributed by atoms with E-state index in [4.69, 9.17) is 4.74 Å². The number of aromatic nitrogens is 1. The Morgan fingerprint density at radius 1 is 1.16 bits per heavy atom. The van der Waals surface area contributed by atoms with Crippen LogP contribution in [0.2, 0.25) is 0 Å². The van der Waals surface area contributed by atoms with Crippen LogP contribution >= 0.6 is 0 Å². The van der Waals surface area contributed by atoms with Crippen molar-refractivity contribution in [3.8, 4) is 5.75 Å². The minimum absolute atomic E-state index is 0.914. The average Bonchev–Trinajstić information content (AvgIpc) is 2.91. The Morgan fingerprint density at radius 3 is 2.63 bits per heavy atom. The molecule has 0 unspecified atom stereocenters. The molecule has 1 N–H and O–H groups in total. The Hall–Kier alpha value is -1.74. The molecule has 0 atom stereocenters. The van der Waals surface area contributed by atoms with E-state index < -0.39 is 0 Å². The highest BCUT2D eigenvalue weighted by Gasteiger charge is 1.99. The highest BCUT2D eigenvalue weighted by atomic mass is 16.5. The van der Waals surface area contributed by atoms with Crippen LogP contribution < -0.4 is 10.1 Å². The third kappa shape index (κ3) is 3.86. The average molecular weight is 258 g/mol. The van der Waals surface area contributed by atoms with E-state index in [0.29, 0.717) is 0 Å². The highest BCUT2D eigenvalue weighted by molar-refractivity contribution is 5.27. The van der Waals surface area contributed by atoms with E-state index in [0.717, 1.165) is 31.8 Å². The molecular weight excluding hydrogens is 236 g/mol. The van der Waals surface area contributed by atoms with Gasteiger partial charge in [0.25, 0.3) is 0 Å². The van der Waals surface area contributed by atoms with Gasteiger partial charge >= 0.3 is 0 Å². The summed E-state index contributed by atoms with van der Waals surface area (Å²) in [5, 5.41) is 3.49. The van der Waals surface area contributed by atoms with E-state index >= 15 is 0 Å². The molecule has 3 nitrogen and oxygen atoms in total. The van der Waals surface area contributed by atoms with E-state index in [2.05, 4.69) is 47.3 Å². The van der Waals surface area contributed by atoms with Gasteiger partial charge < -0.3 is 14.6 Å². The molecule has 0 amide bonds. The van der Waals surface area contributed by atoms with Gasteiger partial charge in [-0.3, -0.25) is 0 Å². The number of hydrogen-bond acceptors (Lipinski definition) is 2. The van der Waals surface area contributed by atoms with Crippen LogP contribution in [0.25, 0.3) is 0 Å². The Balaban J connectivity index is 1.74. The van der Waals surface area contributed by atoms with Crippen molar-refractivity contribution in [1.29, 1.82) is 0 Å². The van der Waals surface area contributed by atoms with Gasteiger partial charge in [-0.2, -0.15) is 0 Å². The van der Waals surface area contributed by atoms with Gasteiger partial charge in [-0.15, -0.1) is 0 Å². The first-order valence-corrected chi connectivity index (χ1v) is 6.81. The second-order valence-corrected chi connectivity index (χ2v) is 4.56. The summed E-state index contributed by atoms with van der Waals surface area (Å²) in [5.41, 5.74) is 2.68. The van der Waals surface area contributed by atoms with Crippen molar-refractivity contribution in [1.82, 2.24) is 9.88 Å². The van der Waals surface area contributed by atoms with Gasteiger partial charge in [-0.05, 0) is 49.7 Å². The molecule has 102 valence electrons. The Bertz CT molecular complexity index is 488. The fourth-order valence-electron chi connectivity index (χ4n) is 2.16. The number of benzene rings is 1. The van der Waals surface area contributed by atoms with Gasteiger partial charge in [-0.1, -0.05) is 12.1 Å². The monoisotopic (exact) mass is 258 g/mol. The lowest BCUT2D eigenvalue weighted by molar-refractivity contribution is 0.414. The lowest BCUT2D eigenvalue weighted by Crippen LogP contribution is -2.18. The molecule has 1 aromatic heterocycles. The van der Waals surface area contributed by atoms with Crippen LogP contribution in [0.1, 0.15) is 18.2 Å². The third-order valence-corrected chi connectivity index (χ3v) is 3.32. The Morgan fingerprint density at radius 2 is 1.95 bits per heavy atom. The highest BCUT2D eigenvalue weighted by Crippen LogP contribution is 2.11. The number of nitrogens with one attached hydrogen (secondary N) is 1. The van der Waals surface area contributed by atoms with Crippen LogP contribution in [0.15, 0.2) is 42.6 Å². The van der Waals surface area contributed by atoms with Crippen molar-refractivity contribution >= 4 is 0 Å². The smallest absolute Gasteiger partial charge is 0.118 e. The number of aryl methyl sites for hydroxylation is 1. The van der Waals surface area contributed by atoms with Crippen molar-refractivity contribution in [2.45, 2.75) is 26.4 Å². The van der Waals surface area contributed by atoms with Gasteiger partial charge in [0.15, 0.2) is 0 Å². The van der Waals surface area contributed by atoms with E-state index in [1.54, 1.807) is 7.11 Å². The standard InChI is InChI=1S/C16H22N2O/c1-3-18-12-4-5-15(18)13-17-11-10-14-6-8-16(19-2)9-7-14/h4-9,12,17H,3,10-11,13H2,1-2H3. The molecule has 3 heteroatoms. The predicted octanol–water partition coefficient (Wildman–Crippen LogP) is 2.85. The summed E-state index contributed by atoms with van der Waals surface area (Å²) < 4.78 is 7.42. The topological polar surface area (TPSA) is 26.2 Å². The molecule has 0 aliphatic rings. The maximum absolute atomic E-state index is 5.15. The maximum Gasteiger partial charge on any atom is 0.118 e. The summed E-state index contributed by atoms with van der Waals surface area (Å²) in [5.74, 6) is 0.914. The van der Waals surface area contributed by atoms with Gasteiger partial charge in [0.2, 0.25) is 0 Å². The molecule has 0 bridgehead atoms. The van der Waals surface area contributed by atoms with E-state index in [9.17, 15) is 0 Å². The molecule has 19 heavy (non-hydrogen) atoms. The first kappa shape index (κ1) is 13.7. The first-order chi connectivity index (χ1) is 9.33. The fourth-order valence-corrected chi connectivity index (χ4v) is 2.16. The lowest BCUT2D eigenvalue weighted by Gasteiger charge is -2.08. The quantitative estimate of drug-likeness (QED) is 0.773. The molecule has 0 saturated carbocycles. The minimum Gasteiger partial charge on any atom is -0.497 e. The molecule has 0 aliphatic carbocycles. The minimum atomic E-state index is 0.914. The molecule has 0 saturated heterocycles. The normalized spacial score (nSPS) is 10.6. The SMILES string of the molecule is CCn1cccc1CNCCc1ccc(OC)cc1. The number of methoxy groups -OCH3 is 1. The largest absolute Gasteiger partial charge is 0.497 e. The molecule has 2 rings (SSSR count). The van der Waals surface area contributed by atoms with Gasteiger partial charge in [-0.25, -0.2) is 0 Å². The van der Waals surface area contributed by atoms with Crippen molar-refractivity contribution in [2.24, 2.45) is 0 Å². The first-order valence-electron chi connectivity index (χ1n) is 6.81. The van der Waals surface area contributed by atoms with Gasteiger partial charge in [0, 0.05) is 25.0 Å². The number of rotatable bonds is 7. The second-order valence-electron chi connectivity index (χ2n) is 4.56. The summed E-state index contributed by atoms with van der Waals surface area (Å²) >= 11 is 0. The van der Waals surface area contributed by atoms with Crippen LogP contribution in [0.3, 0.4) is 0 Å².